The Kier molecular flexibility index (Phi) is 6.66. The predicted molar refractivity (Wildman–Crippen MR) is 175 cm³/mol. The Balaban J connectivity index is 1.47. The van der Waals surface area contributed by atoms with E-state index in [-0.39, 0.29) is 6.04 Å². The van der Waals surface area contributed by atoms with Gasteiger partial charge in [0.2, 0.25) is 0 Å². The molecular weight excluding hydrogens is 534 g/mol. The lowest BCUT2D eigenvalue weighted by atomic mass is 9.93. The van der Waals surface area contributed by atoms with Gasteiger partial charge in [0.15, 0.2) is 17.5 Å². The average Bonchev–Trinajstić information content (AvgIpc) is 3.37. The van der Waals surface area contributed by atoms with Gasteiger partial charge in [0.05, 0.1) is 41.1 Å². The molecule has 5 aromatic rings. The molecule has 4 aromatic carbocycles. The Hall–Kier alpha value is -5.37. The third-order valence-corrected chi connectivity index (χ3v) is 7.80. The molecule has 0 saturated heterocycles. The van der Waals surface area contributed by atoms with Crippen molar-refractivity contribution < 1.29 is 4.74 Å². The van der Waals surface area contributed by atoms with Crippen LogP contribution >= 0.6 is 0 Å². The topological polar surface area (TPSA) is 70.3 Å². The molecule has 43 heavy (non-hydrogen) atoms. The van der Waals surface area contributed by atoms with E-state index in [9.17, 15) is 0 Å². The van der Waals surface area contributed by atoms with Gasteiger partial charge in [-0.05, 0) is 67.9 Å². The number of hydrogen-bond acceptors (Lipinski definition) is 7. The number of aryl methyl sites for hydroxylation is 1. The molecule has 2 aliphatic heterocycles. The van der Waals surface area contributed by atoms with Gasteiger partial charge >= 0.3 is 0 Å². The number of anilines is 3. The maximum atomic E-state index is 5.95. The van der Waals surface area contributed by atoms with Crippen molar-refractivity contribution >= 4 is 40.2 Å². The van der Waals surface area contributed by atoms with Crippen molar-refractivity contribution in [3.8, 4) is 11.4 Å². The van der Waals surface area contributed by atoms with Gasteiger partial charge in [0.25, 0.3) is 0 Å². The molecule has 1 N–H and O–H groups in total. The minimum Gasteiger partial charge on any atom is -0.492 e. The number of rotatable bonds is 6. The van der Waals surface area contributed by atoms with Crippen LogP contribution in [-0.2, 0) is 0 Å². The van der Waals surface area contributed by atoms with Crippen molar-refractivity contribution in [3.05, 3.63) is 120 Å². The first-order valence-corrected chi connectivity index (χ1v) is 14.5. The van der Waals surface area contributed by atoms with Gasteiger partial charge in [-0.15, -0.1) is 0 Å². The van der Waals surface area contributed by atoms with Gasteiger partial charge < -0.3 is 19.9 Å². The standard InChI is InChI=1S/C35H33N7O/c1-5-43-30-18-12-10-16-28(30)37-33-35-38-34-31(23(2)39-42(34)26-13-7-6-8-14-26)32(24-19-21-25(22-20-24)40(3)4)41(35)29-17-11-9-15-27(29)36-33/h6-22,32H,5H2,1-4H3,(H,36,37). The minimum atomic E-state index is -0.188. The van der Waals surface area contributed by atoms with E-state index in [2.05, 4.69) is 84.7 Å². The number of fused-ring (bicyclic) bond motifs is 4. The van der Waals surface area contributed by atoms with Crippen LogP contribution in [-0.4, -0.2) is 42.2 Å². The highest BCUT2D eigenvalue weighted by molar-refractivity contribution is 6.51. The lowest BCUT2D eigenvalue weighted by Crippen LogP contribution is -2.46. The Morgan fingerprint density at radius 1 is 0.837 bits per heavy atom. The van der Waals surface area contributed by atoms with Gasteiger partial charge in [-0.2, -0.15) is 5.10 Å². The Morgan fingerprint density at radius 3 is 2.33 bits per heavy atom. The summed E-state index contributed by atoms with van der Waals surface area (Å²) in [4.78, 5) is 14.9. The number of nitrogens with zero attached hydrogens (tertiary/aromatic N) is 6. The van der Waals surface area contributed by atoms with E-state index in [0.29, 0.717) is 12.4 Å². The fourth-order valence-corrected chi connectivity index (χ4v) is 5.80. The highest BCUT2D eigenvalue weighted by Crippen LogP contribution is 2.48. The first-order chi connectivity index (χ1) is 21.0. The van der Waals surface area contributed by atoms with Gasteiger partial charge in [-0.3, -0.25) is 0 Å². The lowest BCUT2D eigenvalue weighted by Gasteiger charge is -2.40. The monoisotopic (exact) mass is 567 g/mol. The summed E-state index contributed by atoms with van der Waals surface area (Å²) in [5.41, 5.74) is 7.91. The number of aliphatic imine (C=N–C) groups is 2. The van der Waals surface area contributed by atoms with Crippen molar-refractivity contribution in [1.82, 2.24) is 9.78 Å². The number of hydrogen-bond donors (Lipinski definition) is 1. The quantitative estimate of drug-likeness (QED) is 0.231. The van der Waals surface area contributed by atoms with E-state index in [4.69, 9.17) is 19.8 Å². The molecule has 7 rings (SSSR count). The summed E-state index contributed by atoms with van der Waals surface area (Å²) in [7, 11) is 4.11. The summed E-state index contributed by atoms with van der Waals surface area (Å²) < 4.78 is 7.90. The molecule has 8 nitrogen and oxygen atoms in total. The highest BCUT2D eigenvalue weighted by atomic mass is 16.5. The molecule has 214 valence electrons. The molecule has 0 aliphatic carbocycles. The number of ether oxygens (including phenoxy) is 1. The molecule has 2 aliphatic rings. The van der Waals surface area contributed by atoms with Crippen LogP contribution in [0.2, 0.25) is 0 Å². The molecule has 1 unspecified atom stereocenters. The molecule has 8 heteroatoms. The summed E-state index contributed by atoms with van der Waals surface area (Å²) >= 11 is 0. The van der Waals surface area contributed by atoms with Gasteiger partial charge in [0, 0.05) is 25.3 Å². The lowest BCUT2D eigenvalue weighted by molar-refractivity contribution is 0.342. The molecule has 0 bridgehead atoms. The second-order valence-electron chi connectivity index (χ2n) is 10.8. The second kappa shape index (κ2) is 10.8. The van der Waals surface area contributed by atoms with E-state index in [0.717, 1.165) is 62.7 Å². The van der Waals surface area contributed by atoms with Crippen molar-refractivity contribution in [3.63, 3.8) is 0 Å². The van der Waals surface area contributed by atoms with E-state index < -0.39 is 0 Å². The molecule has 0 amide bonds. The summed E-state index contributed by atoms with van der Waals surface area (Å²) in [6.45, 7) is 4.62. The van der Waals surface area contributed by atoms with Crippen LogP contribution < -0.4 is 19.9 Å². The molecular formula is C35H33N7O. The maximum Gasteiger partial charge on any atom is 0.179 e. The first kappa shape index (κ1) is 26.5. The Morgan fingerprint density at radius 2 is 1.56 bits per heavy atom. The maximum absolute atomic E-state index is 5.95. The van der Waals surface area contributed by atoms with Crippen molar-refractivity contribution in [1.29, 1.82) is 0 Å². The van der Waals surface area contributed by atoms with E-state index in [1.807, 2.05) is 66.2 Å². The van der Waals surface area contributed by atoms with Crippen molar-refractivity contribution in [2.45, 2.75) is 19.9 Å². The fourth-order valence-electron chi connectivity index (χ4n) is 5.80. The number of amidine groups is 2. The zero-order valence-electron chi connectivity index (χ0n) is 24.7. The van der Waals surface area contributed by atoms with Crippen molar-refractivity contribution in [2.24, 2.45) is 9.98 Å². The molecule has 3 heterocycles. The summed E-state index contributed by atoms with van der Waals surface area (Å²) in [5.74, 6) is 2.92. The second-order valence-corrected chi connectivity index (χ2v) is 10.8. The average molecular weight is 568 g/mol. The van der Waals surface area contributed by atoms with Crippen LogP contribution in [0.5, 0.6) is 5.75 Å². The number of benzene rings is 4. The Labute approximate surface area is 251 Å². The van der Waals surface area contributed by atoms with Crippen LogP contribution in [0.4, 0.5) is 28.6 Å². The fraction of sp³-hybridized carbons (Fsp3) is 0.171. The Bertz CT molecular complexity index is 1860. The van der Waals surface area contributed by atoms with Crippen LogP contribution in [0.15, 0.2) is 113 Å². The van der Waals surface area contributed by atoms with Gasteiger partial charge in [-0.1, -0.05) is 54.6 Å². The predicted octanol–water partition coefficient (Wildman–Crippen LogP) is 7.44. The number of nitrogens with one attached hydrogen (secondary N) is 1. The zero-order chi connectivity index (χ0) is 29.5. The molecule has 1 atom stereocenters. The third kappa shape index (κ3) is 4.61. The summed E-state index contributed by atoms with van der Waals surface area (Å²) in [6.07, 6.45) is 0. The molecule has 0 spiro atoms. The third-order valence-electron chi connectivity index (χ3n) is 7.80. The van der Waals surface area contributed by atoms with Gasteiger partial charge in [-0.25, -0.2) is 14.7 Å². The summed E-state index contributed by atoms with van der Waals surface area (Å²) in [5, 5.41) is 8.62. The molecule has 1 aromatic heterocycles. The van der Waals surface area contributed by atoms with Crippen LogP contribution in [0, 0.1) is 6.92 Å². The van der Waals surface area contributed by atoms with E-state index >= 15 is 0 Å². The van der Waals surface area contributed by atoms with Gasteiger partial charge in [0.1, 0.15) is 5.75 Å². The largest absolute Gasteiger partial charge is 0.492 e. The van der Waals surface area contributed by atoms with Crippen LogP contribution in [0.3, 0.4) is 0 Å². The first-order valence-electron chi connectivity index (χ1n) is 14.5. The smallest absolute Gasteiger partial charge is 0.179 e. The molecule has 0 fully saturated rings. The zero-order valence-corrected chi connectivity index (χ0v) is 24.7. The van der Waals surface area contributed by atoms with E-state index in [1.165, 1.54) is 0 Å². The normalized spacial score (nSPS) is 15.1. The molecule has 0 radical (unpaired) electrons. The highest BCUT2D eigenvalue weighted by Gasteiger charge is 2.41. The SMILES string of the molecule is CCOc1ccccc1NC1=Nc2ccccc2N2C1=Nc1c(c(C)nn1-c1ccccc1)C2c1ccc(N(C)C)cc1. The van der Waals surface area contributed by atoms with Crippen LogP contribution in [0.25, 0.3) is 5.69 Å². The summed E-state index contributed by atoms with van der Waals surface area (Å²) in [6, 6.07) is 34.9. The number of para-hydroxylation sites is 5. The van der Waals surface area contributed by atoms with Crippen LogP contribution in [0.1, 0.15) is 29.8 Å². The van der Waals surface area contributed by atoms with Crippen molar-refractivity contribution in [2.75, 3.05) is 35.8 Å². The number of aromatic nitrogens is 2. The van der Waals surface area contributed by atoms with E-state index in [1.54, 1.807) is 0 Å². The molecule has 0 saturated carbocycles. The minimum absolute atomic E-state index is 0.188.